The van der Waals surface area contributed by atoms with Gasteiger partial charge < -0.3 is 5.32 Å². The van der Waals surface area contributed by atoms with Crippen molar-refractivity contribution < 1.29 is 13.2 Å². The number of aryl methyl sites for hydroxylation is 1. The van der Waals surface area contributed by atoms with Crippen LogP contribution in [-0.2, 0) is 21.4 Å². The second kappa shape index (κ2) is 7.86. The fourth-order valence-electron chi connectivity index (χ4n) is 2.76. The van der Waals surface area contributed by atoms with Crippen LogP contribution in [0.5, 0.6) is 0 Å². The van der Waals surface area contributed by atoms with Gasteiger partial charge in [-0.25, -0.2) is 13.8 Å². The summed E-state index contributed by atoms with van der Waals surface area (Å²) < 4.78 is 27.8. The van der Waals surface area contributed by atoms with Crippen molar-refractivity contribution in [2.24, 2.45) is 5.92 Å². The summed E-state index contributed by atoms with van der Waals surface area (Å²) in [6, 6.07) is 16.4. The summed E-state index contributed by atoms with van der Waals surface area (Å²) in [6.07, 6.45) is 0. The van der Waals surface area contributed by atoms with Crippen LogP contribution >= 0.6 is 0 Å². The van der Waals surface area contributed by atoms with Gasteiger partial charge in [0.05, 0.1) is 5.92 Å². The number of nitrogens with one attached hydrogen (secondary N) is 4. The fraction of sp³-hybridized carbons (Fsp3) is 0.278. The molecule has 2 aromatic carbocycles. The van der Waals surface area contributed by atoms with Crippen LogP contribution in [0.4, 0.5) is 5.69 Å². The molecule has 26 heavy (non-hydrogen) atoms. The highest BCUT2D eigenvalue weighted by atomic mass is 32.2. The molecular formula is C18H22N4O3S. The molecule has 138 valence electrons. The van der Waals surface area contributed by atoms with Gasteiger partial charge in [-0.2, -0.15) is 0 Å². The molecule has 0 radical (unpaired) electrons. The average Bonchev–Trinajstić information content (AvgIpc) is 3.12. The Hall–Kier alpha value is -2.42. The molecule has 2 atom stereocenters. The van der Waals surface area contributed by atoms with E-state index in [4.69, 9.17) is 0 Å². The van der Waals surface area contributed by atoms with E-state index in [1.165, 1.54) is 0 Å². The number of rotatable bonds is 6. The van der Waals surface area contributed by atoms with Gasteiger partial charge in [0.2, 0.25) is 5.91 Å². The largest absolute Gasteiger partial charge is 0.352 e. The zero-order valence-corrected chi connectivity index (χ0v) is 15.2. The molecule has 1 aliphatic rings. The molecule has 0 aromatic heterocycles. The van der Waals surface area contributed by atoms with E-state index in [2.05, 4.69) is 20.9 Å². The van der Waals surface area contributed by atoms with E-state index in [9.17, 15) is 13.2 Å². The summed E-state index contributed by atoms with van der Waals surface area (Å²) >= 11 is 0. The third-order valence-corrected chi connectivity index (χ3v) is 5.86. The van der Waals surface area contributed by atoms with Gasteiger partial charge in [-0.1, -0.05) is 48.0 Å². The van der Waals surface area contributed by atoms with Crippen LogP contribution in [0.15, 0.2) is 54.6 Å². The Balaban J connectivity index is 1.65. The molecule has 2 aromatic rings. The minimum atomic E-state index is -3.78. The third kappa shape index (κ3) is 4.40. The second-order valence-electron chi connectivity index (χ2n) is 6.27. The number of sulfonamides is 1. The van der Waals surface area contributed by atoms with E-state index < -0.39 is 21.3 Å². The van der Waals surface area contributed by atoms with E-state index in [1.54, 1.807) is 30.3 Å². The number of hydrazine groups is 1. The summed E-state index contributed by atoms with van der Waals surface area (Å²) in [4.78, 5) is 12.5. The predicted molar refractivity (Wildman–Crippen MR) is 100 cm³/mol. The number of amides is 1. The highest BCUT2D eigenvalue weighted by Crippen LogP contribution is 2.18. The summed E-state index contributed by atoms with van der Waals surface area (Å²) in [5.41, 5.74) is 8.03. The Morgan fingerprint density at radius 1 is 1.12 bits per heavy atom. The monoisotopic (exact) mass is 374 g/mol. The van der Waals surface area contributed by atoms with Crippen molar-refractivity contribution in [3.63, 3.8) is 0 Å². The van der Waals surface area contributed by atoms with Crippen LogP contribution < -0.4 is 20.9 Å². The van der Waals surface area contributed by atoms with Crippen molar-refractivity contribution in [2.75, 3.05) is 11.3 Å². The topological polar surface area (TPSA) is 99.3 Å². The molecule has 1 saturated heterocycles. The van der Waals surface area contributed by atoms with Crippen molar-refractivity contribution in [3.05, 3.63) is 65.7 Å². The minimum absolute atomic E-state index is 0.236. The zero-order valence-electron chi connectivity index (χ0n) is 14.4. The maximum Gasteiger partial charge on any atom is 0.250 e. The first-order valence-corrected chi connectivity index (χ1v) is 9.89. The number of benzene rings is 2. The van der Waals surface area contributed by atoms with Crippen LogP contribution in [0.2, 0.25) is 0 Å². The van der Waals surface area contributed by atoms with Crippen LogP contribution in [0.1, 0.15) is 11.1 Å². The molecule has 0 bridgehead atoms. The number of carbonyl (C=O) groups is 1. The van der Waals surface area contributed by atoms with Crippen molar-refractivity contribution in [2.45, 2.75) is 18.8 Å². The number of hydrogen-bond donors (Lipinski definition) is 4. The molecular weight excluding hydrogens is 352 g/mol. The van der Waals surface area contributed by atoms with Crippen LogP contribution in [-0.4, -0.2) is 26.2 Å². The van der Waals surface area contributed by atoms with Gasteiger partial charge >= 0.3 is 0 Å². The molecule has 1 amide bonds. The third-order valence-electron chi connectivity index (χ3n) is 4.22. The molecule has 0 saturated carbocycles. The average molecular weight is 374 g/mol. The zero-order chi connectivity index (χ0) is 18.6. The number of anilines is 1. The number of hydrogen-bond acceptors (Lipinski definition) is 5. The maximum atomic E-state index is 12.6. The molecule has 0 spiro atoms. The minimum Gasteiger partial charge on any atom is -0.352 e. The molecule has 8 heteroatoms. The van der Waals surface area contributed by atoms with Crippen LogP contribution in [0.25, 0.3) is 0 Å². The second-order valence-corrected chi connectivity index (χ2v) is 8.07. The van der Waals surface area contributed by atoms with Crippen molar-refractivity contribution in [3.8, 4) is 0 Å². The summed E-state index contributed by atoms with van der Waals surface area (Å²) in [6.45, 7) is 2.59. The number of para-hydroxylation sites is 1. The van der Waals surface area contributed by atoms with Gasteiger partial charge in [0, 0.05) is 18.8 Å². The van der Waals surface area contributed by atoms with Gasteiger partial charge in [0.25, 0.3) is 10.0 Å². The Labute approximate surface area is 153 Å². The first kappa shape index (κ1) is 18.4. The SMILES string of the molecule is Cc1ccc(CNC(=O)C2CNNC2S(=O)(=O)Nc2ccccc2)cc1. The van der Waals surface area contributed by atoms with Crippen LogP contribution in [0.3, 0.4) is 0 Å². The molecule has 0 aliphatic carbocycles. The highest BCUT2D eigenvalue weighted by Gasteiger charge is 2.41. The first-order chi connectivity index (χ1) is 12.5. The smallest absolute Gasteiger partial charge is 0.250 e. The summed E-state index contributed by atoms with van der Waals surface area (Å²) in [5, 5.41) is 1.76. The van der Waals surface area contributed by atoms with E-state index >= 15 is 0 Å². The highest BCUT2D eigenvalue weighted by molar-refractivity contribution is 7.93. The quantitative estimate of drug-likeness (QED) is 0.607. The summed E-state index contributed by atoms with van der Waals surface area (Å²) in [5.74, 6) is -1.05. The lowest BCUT2D eigenvalue weighted by molar-refractivity contribution is -0.124. The maximum absolute atomic E-state index is 12.6. The molecule has 7 nitrogen and oxygen atoms in total. The Kier molecular flexibility index (Phi) is 5.55. The first-order valence-electron chi connectivity index (χ1n) is 8.34. The Bertz CT molecular complexity index is 854. The molecule has 1 aliphatic heterocycles. The van der Waals surface area contributed by atoms with Gasteiger partial charge in [0.15, 0.2) is 5.37 Å². The lowest BCUT2D eigenvalue weighted by Crippen LogP contribution is -2.46. The molecule has 3 rings (SSSR count). The van der Waals surface area contributed by atoms with Gasteiger partial charge in [0.1, 0.15) is 0 Å². The summed E-state index contributed by atoms with van der Waals surface area (Å²) in [7, 11) is -3.78. The number of carbonyl (C=O) groups excluding carboxylic acids is 1. The van der Waals surface area contributed by atoms with Gasteiger partial charge in [-0.3, -0.25) is 14.9 Å². The van der Waals surface area contributed by atoms with Gasteiger partial charge in [-0.05, 0) is 24.6 Å². The predicted octanol–water partition coefficient (Wildman–Crippen LogP) is 1.10. The molecule has 2 unspecified atom stereocenters. The van der Waals surface area contributed by atoms with Crippen LogP contribution in [0, 0.1) is 12.8 Å². The lowest BCUT2D eigenvalue weighted by Gasteiger charge is -2.19. The van der Waals surface area contributed by atoms with E-state index in [0.29, 0.717) is 12.2 Å². The molecule has 1 heterocycles. The van der Waals surface area contributed by atoms with E-state index in [1.807, 2.05) is 31.2 Å². The van der Waals surface area contributed by atoms with Crippen molar-refractivity contribution in [1.29, 1.82) is 0 Å². The Morgan fingerprint density at radius 2 is 1.81 bits per heavy atom. The van der Waals surface area contributed by atoms with E-state index in [-0.39, 0.29) is 12.5 Å². The lowest BCUT2D eigenvalue weighted by atomic mass is 10.1. The van der Waals surface area contributed by atoms with Crippen molar-refractivity contribution >= 4 is 21.6 Å². The molecule has 4 N–H and O–H groups in total. The molecule has 1 fully saturated rings. The normalized spacial score (nSPS) is 19.9. The van der Waals surface area contributed by atoms with E-state index in [0.717, 1.165) is 11.1 Å². The Morgan fingerprint density at radius 3 is 2.50 bits per heavy atom. The van der Waals surface area contributed by atoms with Gasteiger partial charge in [-0.15, -0.1) is 0 Å². The fourth-order valence-corrected chi connectivity index (χ4v) is 4.24. The standard InChI is InChI=1S/C18H22N4O3S/c1-13-7-9-14(10-8-13)11-19-17(23)16-12-20-21-18(16)26(24,25)22-15-5-3-2-4-6-15/h2-10,16,18,20-22H,11-12H2,1H3,(H,19,23). The van der Waals surface area contributed by atoms with Crippen molar-refractivity contribution in [1.82, 2.24) is 16.2 Å².